The number of rotatable bonds is 6. The molecule has 22 heavy (non-hydrogen) atoms. The lowest BCUT2D eigenvalue weighted by Crippen LogP contribution is -2.42. The van der Waals surface area contributed by atoms with Gasteiger partial charge in [-0.15, -0.1) is 0 Å². The zero-order chi connectivity index (χ0) is 15.0. The van der Waals surface area contributed by atoms with Gasteiger partial charge in [-0.3, -0.25) is 4.90 Å². The van der Waals surface area contributed by atoms with Gasteiger partial charge in [-0.05, 0) is 17.2 Å². The lowest BCUT2D eigenvalue weighted by molar-refractivity contribution is 0.233. The van der Waals surface area contributed by atoms with Gasteiger partial charge in [0.2, 0.25) is 5.88 Å². The second-order valence-corrected chi connectivity index (χ2v) is 5.61. The highest BCUT2D eigenvalue weighted by atomic mass is 16.5. The average molecular weight is 297 g/mol. The van der Waals surface area contributed by atoms with Gasteiger partial charge in [0.25, 0.3) is 0 Å². The molecule has 2 aromatic rings. The number of pyridine rings is 1. The summed E-state index contributed by atoms with van der Waals surface area (Å²) in [4.78, 5) is 6.65. The van der Waals surface area contributed by atoms with E-state index < -0.39 is 0 Å². The summed E-state index contributed by atoms with van der Waals surface area (Å²) >= 11 is 0. The standard InChI is InChI=1S/C18H23N3O/c1-2-9-20-18(3-1)22-14-8-16-4-6-17(7-5-16)15-21-12-10-19-11-13-21/h1-7,9,19H,8,10-15H2. The topological polar surface area (TPSA) is 37.4 Å². The molecule has 0 radical (unpaired) electrons. The van der Waals surface area contributed by atoms with E-state index in [0.717, 1.165) is 39.1 Å². The Morgan fingerprint density at radius 2 is 1.77 bits per heavy atom. The first-order valence-electron chi connectivity index (χ1n) is 7.95. The molecular weight excluding hydrogens is 274 g/mol. The lowest BCUT2D eigenvalue weighted by Gasteiger charge is -2.27. The molecule has 4 nitrogen and oxygen atoms in total. The van der Waals surface area contributed by atoms with Crippen LogP contribution in [0.15, 0.2) is 48.7 Å². The molecule has 0 aliphatic carbocycles. The second kappa shape index (κ2) is 7.92. The molecule has 4 heteroatoms. The van der Waals surface area contributed by atoms with Crippen LogP contribution in [0.2, 0.25) is 0 Å². The van der Waals surface area contributed by atoms with Crippen LogP contribution in [0.3, 0.4) is 0 Å². The van der Waals surface area contributed by atoms with Crippen molar-refractivity contribution in [2.75, 3.05) is 32.8 Å². The Morgan fingerprint density at radius 3 is 2.50 bits per heavy atom. The molecule has 1 fully saturated rings. The Labute approximate surface area is 132 Å². The van der Waals surface area contributed by atoms with E-state index in [2.05, 4.69) is 39.5 Å². The van der Waals surface area contributed by atoms with E-state index >= 15 is 0 Å². The van der Waals surface area contributed by atoms with E-state index in [9.17, 15) is 0 Å². The number of ether oxygens (including phenoxy) is 1. The number of hydrogen-bond donors (Lipinski definition) is 1. The van der Waals surface area contributed by atoms with Crippen LogP contribution >= 0.6 is 0 Å². The first kappa shape index (κ1) is 15.0. The molecule has 1 aliphatic rings. The summed E-state index contributed by atoms with van der Waals surface area (Å²) in [5.41, 5.74) is 2.69. The Hall–Kier alpha value is -1.91. The minimum Gasteiger partial charge on any atom is -0.477 e. The molecule has 1 aliphatic heterocycles. The molecule has 3 rings (SSSR count). The van der Waals surface area contributed by atoms with Crippen molar-refractivity contribution >= 4 is 0 Å². The summed E-state index contributed by atoms with van der Waals surface area (Å²) in [6.07, 6.45) is 2.66. The summed E-state index contributed by atoms with van der Waals surface area (Å²) in [6, 6.07) is 14.6. The van der Waals surface area contributed by atoms with Crippen LogP contribution in [0, 0.1) is 0 Å². The van der Waals surface area contributed by atoms with Gasteiger partial charge in [-0.1, -0.05) is 30.3 Å². The normalized spacial score (nSPS) is 15.6. The van der Waals surface area contributed by atoms with Crippen LogP contribution in [0.5, 0.6) is 5.88 Å². The summed E-state index contributed by atoms with van der Waals surface area (Å²) in [7, 11) is 0. The number of nitrogens with one attached hydrogen (secondary N) is 1. The molecule has 1 aromatic heterocycles. The maximum absolute atomic E-state index is 5.64. The van der Waals surface area contributed by atoms with Gasteiger partial charge < -0.3 is 10.1 Å². The maximum atomic E-state index is 5.64. The first-order chi connectivity index (χ1) is 10.9. The number of piperazine rings is 1. The molecule has 1 aromatic carbocycles. The number of nitrogens with zero attached hydrogens (tertiary/aromatic N) is 2. The van der Waals surface area contributed by atoms with Crippen LogP contribution in [0.4, 0.5) is 0 Å². The number of benzene rings is 1. The van der Waals surface area contributed by atoms with Gasteiger partial charge >= 0.3 is 0 Å². The van der Waals surface area contributed by atoms with Crippen molar-refractivity contribution < 1.29 is 4.74 Å². The monoisotopic (exact) mass is 297 g/mol. The van der Waals surface area contributed by atoms with E-state index in [1.807, 2.05) is 18.2 Å². The molecule has 0 atom stereocenters. The molecule has 0 amide bonds. The van der Waals surface area contributed by atoms with Gasteiger partial charge in [-0.25, -0.2) is 4.98 Å². The summed E-state index contributed by atoms with van der Waals surface area (Å²) in [5.74, 6) is 0.692. The number of aromatic nitrogens is 1. The van der Waals surface area contributed by atoms with Gasteiger partial charge in [0.1, 0.15) is 0 Å². The van der Waals surface area contributed by atoms with Gasteiger partial charge in [-0.2, -0.15) is 0 Å². The average Bonchev–Trinajstić information content (AvgIpc) is 2.58. The summed E-state index contributed by atoms with van der Waals surface area (Å²) in [6.45, 7) is 6.19. The third-order valence-electron chi connectivity index (χ3n) is 3.92. The number of hydrogen-bond acceptors (Lipinski definition) is 4. The fourth-order valence-corrected chi connectivity index (χ4v) is 2.64. The van der Waals surface area contributed by atoms with Gasteiger partial charge in [0.05, 0.1) is 6.61 Å². The first-order valence-corrected chi connectivity index (χ1v) is 7.95. The minimum atomic E-state index is 0.661. The molecule has 116 valence electrons. The molecule has 0 spiro atoms. The second-order valence-electron chi connectivity index (χ2n) is 5.61. The van der Waals surface area contributed by atoms with Crippen molar-refractivity contribution in [1.29, 1.82) is 0 Å². The van der Waals surface area contributed by atoms with Gasteiger partial charge in [0, 0.05) is 51.4 Å². The smallest absolute Gasteiger partial charge is 0.213 e. The lowest BCUT2D eigenvalue weighted by atomic mass is 10.1. The Bertz CT molecular complexity index is 550. The minimum absolute atomic E-state index is 0.661. The highest BCUT2D eigenvalue weighted by Crippen LogP contribution is 2.10. The Kier molecular flexibility index (Phi) is 5.40. The van der Waals surface area contributed by atoms with E-state index in [1.165, 1.54) is 11.1 Å². The van der Waals surface area contributed by atoms with Crippen molar-refractivity contribution in [2.45, 2.75) is 13.0 Å². The molecule has 0 bridgehead atoms. The van der Waals surface area contributed by atoms with Crippen molar-refractivity contribution in [3.05, 3.63) is 59.8 Å². The molecule has 1 saturated heterocycles. The van der Waals surface area contributed by atoms with Crippen LogP contribution in [0.25, 0.3) is 0 Å². The zero-order valence-electron chi connectivity index (χ0n) is 12.9. The van der Waals surface area contributed by atoms with Gasteiger partial charge in [0.15, 0.2) is 0 Å². The largest absolute Gasteiger partial charge is 0.477 e. The maximum Gasteiger partial charge on any atom is 0.213 e. The Morgan fingerprint density at radius 1 is 1.00 bits per heavy atom. The van der Waals surface area contributed by atoms with Crippen LogP contribution < -0.4 is 10.1 Å². The fraction of sp³-hybridized carbons (Fsp3) is 0.389. The summed E-state index contributed by atoms with van der Waals surface area (Å²) in [5, 5.41) is 3.39. The van der Waals surface area contributed by atoms with Crippen LogP contribution in [-0.2, 0) is 13.0 Å². The predicted octanol–water partition coefficient (Wildman–Crippen LogP) is 2.11. The molecule has 2 heterocycles. The Balaban J connectivity index is 1.44. The van der Waals surface area contributed by atoms with Crippen molar-refractivity contribution in [3.63, 3.8) is 0 Å². The SMILES string of the molecule is c1ccc(OCCc2ccc(CN3CCNCC3)cc2)nc1. The van der Waals surface area contributed by atoms with Crippen molar-refractivity contribution in [3.8, 4) is 5.88 Å². The van der Waals surface area contributed by atoms with Crippen LogP contribution in [0.1, 0.15) is 11.1 Å². The van der Waals surface area contributed by atoms with E-state index in [1.54, 1.807) is 6.20 Å². The highest BCUT2D eigenvalue weighted by Gasteiger charge is 2.09. The quantitative estimate of drug-likeness (QED) is 0.886. The van der Waals surface area contributed by atoms with E-state index in [4.69, 9.17) is 4.74 Å². The zero-order valence-corrected chi connectivity index (χ0v) is 12.9. The van der Waals surface area contributed by atoms with E-state index in [-0.39, 0.29) is 0 Å². The molecule has 0 unspecified atom stereocenters. The van der Waals surface area contributed by atoms with Crippen molar-refractivity contribution in [2.24, 2.45) is 0 Å². The third kappa shape index (κ3) is 4.55. The molecule has 0 saturated carbocycles. The van der Waals surface area contributed by atoms with E-state index in [0.29, 0.717) is 12.5 Å². The third-order valence-corrected chi connectivity index (χ3v) is 3.92. The molecule has 1 N–H and O–H groups in total. The predicted molar refractivity (Wildman–Crippen MR) is 88.0 cm³/mol. The fourth-order valence-electron chi connectivity index (χ4n) is 2.64. The summed E-state index contributed by atoms with van der Waals surface area (Å²) < 4.78 is 5.64. The highest BCUT2D eigenvalue weighted by molar-refractivity contribution is 5.23. The van der Waals surface area contributed by atoms with Crippen molar-refractivity contribution in [1.82, 2.24) is 15.2 Å². The van der Waals surface area contributed by atoms with Crippen LogP contribution in [-0.4, -0.2) is 42.7 Å². The molecular formula is C18H23N3O.